The minimum atomic E-state index is -2.07. The predicted molar refractivity (Wildman–Crippen MR) is 364 cm³/mol. The Kier molecular flexibility index (Phi) is 41.0. The van der Waals surface area contributed by atoms with Crippen LogP contribution < -0.4 is 92.1 Å². The number of carbonyl (C=O) groups excluding carboxylic acids is 16. The van der Waals surface area contributed by atoms with E-state index in [1.165, 1.54) is 12.5 Å². The molecule has 0 radical (unpaired) electrons. The molecule has 1 saturated heterocycles. The van der Waals surface area contributed by atoms with Crippen molar-refractivity contribution in [3.05, 3.63) is 18.2 Å². The topological polar surface area (TPSA) is 796 Å². The number of nitrogens with two attached hydrogens (primary N) is 4. The molecular weight excluding hydrogens is 1460 g/mol. The summed E-state index contributed by atoms with van der Waals surface area (Å²) < 4.78 is 0. The summed E-state index contributed by atoms with van der Waals surface area (Å²) in [4.78, 5) is 268. The molecular formula is C61H96N20O28. The Bertz CT molecular complexity index is 3400. The molecule has 0 bridgehead atoms. The predicted octanol–water partition coefficient (Wildman–Crippen LogP) is -13.8. The van der Waals surface area contributed by atoms with E-state index in [9.17, 15) is 132 Å². The fourth-order valence-corrected chi connectivity index (χ4v) is 10.1. The van der Waals surface area contributed by atoms with Crippen LogP contribution in [0.5, 0.6) is 0 Å². The molecule has 0 aliphatic carbocycles. The van der Waals surface area contributed by atoms with Gasteiger partial charge in [-0.1, -0.05) is 0 Å². The maximum atomic E-state index is 14.2. The van der Waals surface area contributed by atoms with Gasteiger partial charge in [-0.05, 0) is 78.2 Å². The van der Waals surface area contributed by atoms with Gasteiger partial charge in [0.15, 0.2) is 0 Å². The van der Waals surface area contributed by atoms with Gasteiger partial charge in [-0.3, -0.25) is 91.1 Å². The van der Waals surface area contributed by atoms with E-state index in [1.807, 2.05) is 0 Å². The number of nitrogens with one attached hydrogen (secondary N) is 14. The number of likely N-dealkylation sites (tertiary alicyclic amines) is 1. The SMILES string of the molecule is CC(NC(=O)CNC(=O)C(N)CO)C(=O)NC(CCC(=O)O)C(=O)NC(CCC(=O)O)C(=O)NC(CO)C(=O)NC(CCCCN)C(=O)NC(CCC(=O)O)C(=O)NC(CCC(N)=O)C(=O)NC(CO)C(=O)N1CCCC1C(=O)NC(CC(N)=O)C(=O)NC(C)C(=O)NC(Cc1cnc[nH]1)C(=O)NC(CO)C(=O)O. The van der Waals surface area contributed by atoms with Gasteiger partial charge < -0.3 is 143 Å². The first-order chi connectivity index (χ1) is 51.3. The van der Waals surface area contributed by atoms with Crippen molar-refractivity contribution in [1.29, 1.82) is 0 Å². The number of unbranched alkanes of at least 4 members (excludes halogenated alkanes) is 1. The molecule has 16 amide bonds. The Morgan fingerprint density at radius 3 is 1.32 bits per heavy atom. The van der Waals surface area contributed by atoms with Crippen LogP contribution in [0.15, 0.2) is 12.5 Å². The fourth-order valence-electron chi connectivity index (χ4n) is 10.1. The van der Waals surface area contributed by atoms with Crippen LogP contribution in [0.4, 0.5) is 0 Å². The summed E-state index contributed by atoms with van der Waals surface area (Å²) in [5.74, 6) is -25.0. The van der Waals surface area contributed by atoms with Crippen molar-refractivity contribution in [3.8, 4) is 0 Å². The molecule has 48 nitrogen and oxygen atoms in total. The summed E-state index contributed by atoms with van der Waals surface area (Å²) in [6.07, 6.45) is -5.04. The van der Waals surface area contributed by atoms with Crippen LogP contribution in [0, 0.1) is 0 Å². The van der Waals surface area contributed by atoms with Crippen LogP contribution >= 0.6 is 0 Å². The molecule has 14 unspecified atom stereocenters. The highest BCUT2D eigenvalue weighted by Crippen LogP contribution is 2.20. The largest absolute Gasteiger partial charge is 0.481 e. The van der Waals surface area contributed by atoms with E-state index in [1.54, 1.807) is 0 Å². The second-order valence-electron chi connectivity index (χ2n) is 24.8. The van der Waals surface area contributed by atoms with E-state index in [2.05, 4.69) is 79.1 Å². The zero-order valence-corrected chi connectivity index (χ0v) is 59.2. The number of imidazole rings is 1. The molecule has 0 aromatic carbocycles. The molecule has 2 heterocycles. The lowest BCUT2D eigenvalue weighted by Crippen LogP contribution is -2.61. The monoisotopic (exact) mass is 1560 g/mol. The normalized spacial score (nSPS) is 15.9. The Morgan fingerprint density at radius 1 is 0.477 bits per heavy atom. The van der Waals surface area contributed by atoms with Crippen molar-refractivity contribution < 1.29 is 137 Å². The van der Waals surface area contributed by atoms with Crippen LogP contribution in [0.1, 0.15) is 109 Å². The van der Waals surface area contributed by atoms with Crippen molar-refractivity contribution in [2.75, 3.05) is 46.1 Å². The zero-order chi connectivity index (χ0) is 82.4. The van der Waals surface area contributed by atoms with Crippen LogP contribution in [-0.2, 0) is 102 Å². The minimum absolute atomic E-state index is 0.0118. The van der Waals surface area contributed by atoms with Crippen molar-refractivity contribution in [2.45, 2.75) is 195 Å². The number of primary amides is 2. The number of aromatic nitrogens is 2. The van der Waals surface area contributed by atoms with Gasteiger partial charge in [-0.25, -0.2) is 9.78 Å². The molecule has 608 valence electrons. The Morgan fingerprint density at radius 2 is 0.890 bits per heavy atom. The highest BCUT2D eigenvalue weighted by Gasteiger charge is 2.42. The number of amides is 16. The average Bonchev–Trinajstić information content (AvgIpc) is 1.74. The highest BCUT2D eigenvalue weighted by atomic mass is 16.4. The number of carboxylic acids is 4. The molecule has 2 rings (SSSR count). The van der Waals surface area contributed by atoms with Crippen LogP contribution in [0.2, 0.25) is 0 Å². The number of rotatable bonds is 52. The summed E-state index contributed by atoms with van der Waals surface area (Å²) in [5, 5.41) is 106. The summed E-state index contributed by atoms with van der Waals surface area (Å²) in [6.45, 7) is -3.03. The van der Waals surface area contributed by atoms with Gasteiger partial charge in [-0.2, -0.15) is 0 Å². The molecule has 14 atom stereocenters. The number of carboxylic acid groups (broad SMARTS) is 4. The fraction of sp³-hybridized carbons (Fsp3) is 0.623. The van der Waals surface area contributed by atoms with Gasteiger partial charge in [-0.15, -0.1) is 0 Å². The van der Waals surface area contributed by atoms with Crippen LogP contribution in [-0.4, -0.2) is 305 Å². The number of hydrogen-bond donors (Lipinski definition) is 26. The molecule has 1 aromatic rings. The van der Waals surface area contributed by atoms with Gasteiger partial charge in [0.1, 0.15) is 84.6 Å². The molecule has 1 fully saturated rings. The molecule has 0 spiro atoms. The van der Waals surface area contributed by atoms with E-state index >= 15 is 0 Å². The van der Waals surface area contributed by atoms with E-state index in [0.29, 0.717) is 0 Å². The second kappa shape index (κ2) is 47.8. The molecule has 109 heavy (non-hydrogen) atoms. The maximum absolute atomic E-state index is 14.2. The van der Waals surface area contributed by atoms with Gasteiger partial charge in [0.2, 0.25) is 94.5 Å². The third kappa shape index (κ3) is 33.8. The van der Waals surface area contributed by atoms with Crippen molar-refractivity contribution in [1.82, 2.24) is 84.0 Å². The van der Waals surface area contributed by atoms with Gasteiger partial charge in [0.25, 0.3) is 0 Å². The average molecular weight is 1560 g/mol. The molecule has 30 N–H and O–H groups in total. The lowest BCUT2D eigenvalue weighted by Gasteiger charge is -2.30. The molecule has 1 aliphatic heterocycles. The van der Waals surface area contributed by atoms with Crippen molar-refractivity contribution in [3.63, 3.8) is 0 Å². The van der Waals surface area contributed by atoms with Gasteiger partial charge >= 0.3 is 23.9 Å². The molecule has 0 saturated carbocycles. The number of nitrogens with zero attached hydrogens (tertiary/aromatic N) is 2. The summed E-state index contributed by atoms with van der Waals surface area (Å²) in [7, 11) is 0. The molecule has 48 heteroatoms. The van der Waals surface area contributed by atoms with E-state index < -0.39 is 294 Å². The number of aliphatic hydroxyl groups excluding tert-OH is 4. The summed E-state index contributed by atoms with van der Waals surface area (Å²) in [5.41, 5.74) is 22.1. The molecule has 1 aromatic heterocycles. The van der Waals surface area contributed by atoms with Gasteiger partial charge in [0.05, 0.1) is 45.7 Å². The number of carbonyl (C=O) groups is 20. The molecule has 1 aliphatic rings. The van der Waals surface area contributed by atoms with Gasteiger partial charge in [0, 0.05) is 50.5 Å². The van der Waals surface area contributed by atoms with E-state index in [0.717, 1.165) is 18.7 Å². The highest BCUT2D eigenvalue weighted by molar-refractivity contribution is 6.01. The lowest BCUT2D eigenvalue weighted by molar-refractivity contribution is -0.144. The standard InChI is InChI=1S/C61H96N20O28/c1-27(69-44(88)21-67-50(97)30(63)22-82)48(95)71-33(9-13-45(89)90)52(99)75-35(11-15-47(93)94)54(101)78-38(23-83)58(105)72-31(6-3-4-16-62)51(98)74-34(10-14-46(91)92)53(100)73-32(8-12-42(64)86)55(102)79-39(24-84)60(107)81-17-5-7-41(81)59(106)77-37(19-43(65)87)56(103)70-28(2)49(96)76-36(18-29-20-66-26-68-29)57(104)80-40(25-85)61(108)109/h20,26-28,30-41,82-85H,3-19,21-25,62-63H2,1-2H3,(H2,64,86)(H2,65,87)(H,66,68)(H,67,97)(H,69,88)(H,70,103)(H,71,95)(H,72,105)(H,73,100)(H,74,98)(H,75,99)(H,76,96)(H,77,106)(H,78,101)(H,79,102)(H,80,104)(H,89,90)(H,91,92)(H,93,94)(H,108,109). The first kappa shape index (κ1) is 93.5. The first-order valence-corrected chi connectivity index (χ1v) is 33.8. The quantitative estimate of drug-likeness (QED) is 0.0269. The number of H-pyrrole nitrogens is 1. The number of aliphatic carboxylic acids is 4. The van der Waals surface area contributed by atoms with Crippen molar-refractivity contribution in [2.24, 2.45) is 22.9 Å². The smallest absolute Gasteiger partial charge is 0.328 e. The Balaban J connectivity index is 2.39. The third-order valence-corrected chi connectivity index (χ3v) is 16.1. The minimum Gasteiger partial charge on any atom is -0.481 e. The maximum Gasteiger partial charge on any atom is 0.328 e. The Hall–Kier alpha value is -11.6. The Labute approximate surface area is 619 Å². The third-order valence-electron chi connectivity index (χ3n) is 16.1. The van der Waals surface area contributed by atoms with Crippen LogP contribution in [0.25, 0.3) is 0 Å². The number of hydrogen-bond acceptors (Lipinski definition) is 27. The lowest BCUT2D eigenvalue weighted by atomic mass is 10.0. The van der Waals surface area contributed by atoms with Crippen molar-refractivity contribution >= 4 is 118 Å². The first-order valence-electron chi connectivity index (χ1n) is 33.8. The second-order valence-corrected chi connectivity index (χ2v) is 24.8. The van der Waals surface area contributed by atoms with Crippen LogP contribution in [0.3, 0.4) is 0 Å². The number of aliphatic hydroxyl groups is 4. The van der Waals surface area contributed by atoms with E-state index in [4.69, 9.17) is 28.0 Å². The van der Waals surface area contributed by atoms with E-state index in [-0.39, 0.29) is 57.3 Å². The zero-order valence-electron chi connectivity index (χ0n) is 59.2. The number of aromatic amines is 1. The summed E-state index contributed by atoms with van der Waals surface area (Å²) >= 11 is 0. The summed E-state index contributed by atoms with van der Waals surface area (Å²) in [6, 6.07) is -24.6.